The normalized spacial score (nSPS) is 57.6. The van der Waals surface area contributed by atoms with Crippen LogP contribution in [0.15, 0.2) is 11.6 Å². The third-order valence-corrected chi connectivity index (χ3v) is 17.7. The van der Waals surface area contributed by atoms with Crippen LogP contribution in [0.3, 0.4) is 0 Å². The maximum Gasteiger partial charge on any atom is 0.187 e. The van der Waals surface area contributed by atoms with Crippen molar-refractivity contribution in [2.45, 2.75) is 203 Å². The van der Waals surface area contributed by atoms with Gasteiger partial charge in [0.05, 0.1) is 38.1 Å². The van der Waals surface area contributed by atoms with Crippen LogP contribution in [0.2, 0.25) is 0 Å². The molecule has 3 saturated carbocycles. The molecule has 17 nitrogen and oxygen atoms in total. The number of rotatable bonds is 8. The summed E-state index contributed by atoms with van der Waals surface area (Å²) >= 11 is 0. The Balaban J connectivity index is 0.835. The Labute approximate surface area is 363 Å². The lowest BCUT2D eigenvalue weighted by Gasteiger charge is -2.58. The lowest BCUT2D eigenvalue weighted by atomic mass is 9.47. The number of aliphatic hydroxyl groups excluding tert-OH is 9. The monoisotopic (exact) mass is 884 g/mol. The van der Waals surface area contributed by atoms with Gasteiger partial charge in [0.15, 0.2) is 24.7 Å². The minimum Gasteiger partial charge on any atom is -0.394 e. The molecule has 62 heavy (non-hydrogen) atoms. The fourth-order valence-electron chi connectivity index (χ4n) is 13.9. The Morgan fingerprint density at radius 1 is 0.710 bits per heavy atom. The molecule has 0 aromatic heterocycles. The van der Waals surface area contributed by atoms with Gasteiger partial charge >= 0.3 is 0 Å². The quantitative estimate of drug-likeness (QED) is 0.148. The highest BCUT2D eigenvalue weighted by Gasteiger charge is 2.69. The molecule has 0 aromatic rings. The second-order valence-electron chi connectivity index (χ2n) is 21.1. The fraction of sp³-hybridized carbons (Fsp3) is 0.956. The van der Waals surface area contributed by atoms with Crippen molar-refractivity contribution in [3.63, 3.8) is 0 Å². The van der Waals surface area contributed by atoms with E-state index in [9.17, 15) is 46.0 Å². The van der Waals surface area contributed by atoms with Crippen LogP contribution in [-0.4, -0.2) is 176 Å². The van der Waals surface area contributed by atoms with Gasteiger partial charge in [-0.25, -0.2) is 0 Å². The van der Waals surface area contributed by atoms with E-state index in [2.05, 4.69) is 33.8 Å². The third-order valence-electron chi connectivity index (χ3n) is 17.7. The number of allylic oxidation sites excluding steroid dienone is 1. The minimum absolute atomic E-state index is 0.0136. The van der Waals surface area contributed by atoms with Crippen LogP contribution in [-0.2, 0) is 37.9 Å². The van der Waals surface area contributed by atoms with Crippen molar-refractivity contribution in [2.75, 3.05) is 19.8 Å². The lowest BCUT2D eigenvalue weighted by Crippen LogP contribution is -2.64. The van der Waals surface area contributed by atoms with Gasteiger partial charge in [0.2, 0.25) is 0 Å². The maximum absolute atomic E-state index is 11.1. The van der Waals surface area contributed by atoms with Crippen LogP contribution in [0.25, 0.3) is 0 Å². The Kier molecular flexibility index (Phi) is 12.9. The largest absolute Gasteiger partial charge is 0.394 e. The van der Waals surface area contributed by atoms with E-state index in [1.165, 1.54) is 25.3 Å². The third kappa shape index (κ3) is 7.58. The summed E-state index contributed by atoms with van der Waals surface area (Å²) in [5.74, 6) is 2.73. The molecule has 0 radical (unpaired) electrons. The molecular formula is C45H72O17. The predicted molar refractivity (Wildman–Crippen MR) is 214 cm³/mol. The smallest absolute Gasteiger partial charge is 0.187 e. The molecule has 5 heterocycles. The van der Waals surface area contributed by atoms with Crippen LogP contribution in [0.1, 0.15) is 92.4 Å². The molecule has 5 saturated heterocycles. The number of ether oxygens (including phenoxy) is 8. The summed E-state index contributed by atoms with van der Waals surface area (Å²) in [6.07, 6.45) is -11.4. The standard InChI is InChI=1S/C45H72O17/c1-19-8-13-45(56-17-19)20(2)30-27(62-45)15-26-24-7-6-22-14-23(9-11-43(22,4)25(24)10-12-44(26,30)5)58-40-37(53)35(51)33(49)29(60-40)18-55-42-39(36(52)31(47)21(3)57-42)61-41-38(54)34(50)32(48)28(16-46)59-41/h6,19-21,23-42,46-54H,7-18H2,1-5H3/t19-,20-,21+,23+,24+,25-,26-,27-,28+,29-,30-,31+,32+,33-,34-,35+,36-,37-,38+,39+,40-,41-,42+,43+,44-,45+/m1/s1. The van der Waals surface area contributed by atoms with Crippen LogP contribution < -0.4 is 0 Å². The molecule has 0 bridgehead atoms. The summed E-state index contributed by atoms with van der Waals surface area (Å²) in [4.78, 5) is 0. The van der Waals surface area contributed by atoms with E-state index in [0.29, 0.717) is 41.9 Å². The van der Waals surface area contributed by atoms with Gasteiger partial charge in [-0.1, -0.05) is 39.3 Å². The van der Waals surface area contributed by atoms with Gasteiger partial charge in [-0.2, -0.15) is 0 Å². The fourth-order valence-corrected chi connectivity index (χ4v) is 13.9. The molecule has 4 aliphatic carbocycles. The topological polar surface area (TPSA) is 256 Å². The summed E-state index contributed by atoms with van der Waals surface area (Å²) in [5, 5.41) is 95.4. The van der Waals surface area contributed by atoms with Gasteiger partial charge in [0.25, 0.3) is 0 Å². The van der Waals surface area contributed by atoms with Crippen molar-refractivity contribution in [1.29, 1.82) is 0 Å². The molecule has 9 N–H and O–H groups in total. The molecule has 9 aliphatic rings. The molecule has 8 fully saturated rings. The van der Waals surface area contributed by atoms with Crippen molar-refractivity contribution < 1.29 is 83.9 Å². The highest BCUT2D eigenvalue weighted by atomic mass is 16.8. The Morgan fingerprint density at radius 2 is 1.40 bits per heavy atom. The zero-order chi connectivity index (χ0) is 44.2. The summed E-state index contributed by atoms with van der Waals surface area (Å²) in [7, 11) is 0. The Bertz CT molecular complexity index is 1610. The second-order valence-corrected chi connectivity index (χ2v) is 21.1. The van der Waals surface area contributed by atoms with Crippen LogP contribution >= 0.6 is 0 Å². The molecule has 26 atom stereocenters. The molecule has 0 unspecified atom stereocenters. The zero-order valence-electron chi connectivity index (χ0n) is 36.6. The van der Waals surface area contributed by atoms with Gasteiger partial charge in [0, 0.05) is 12.3 Å². The first-order chi connectivity index (χ1) is 29.4. The van der Waals surface area contributed by atoms with Gasteiger partial charge in [-0.05, 0) is 98.7 Å². The second kappa shape index (κ2) is 17.3. The predicted octanol–water partition coefficient (Wildman–Crippen LogP) is 0.214. The maximum atomic E-state index is 11.1. The molecule has 0 amide bonds. The lowest BCUT2D eigenvalue weighted by molar-refractivity contribution is -0.371. The van der Waals surface area contributed by atoms with Crippen LogP contribution in [0.5, 0.6) is 0 Å². The van der Waals surface area contributed by atoms with Crippen molar-refractivity contribution >= 4 is 0 Å². The van der Waals surface area contributed by atoms with Crippen molar-refractivity contribution in [2.24, 2.45) is 46.3 Å². The van der Waals surface area contributed by atoms with Crippen LogP contribution in [0.4, 0.5) is 0 Å². The van der Waals surface area contributed by atoms with E-state index < -0.39 is 111 Å². The van der Waals surface area contributed by atoms with Crippen LogP contribution in [0, 0.1) is 46.3 Å². The summed E-state index contributed by atoms with van der Waals surface area (Å²) in [6, 6.07) is 0. The molecule has 5 aliphatic heterocycles. The van der Waals surface area contributed by atoms with E-state index in [-0.39, 0.29) is 23.0 Å². The average Bonchev–Trinajstić information content (AvgIpc) is 3.70. The number of hydrogen-bond donors (Lipinski definition) is 9. The van der Waals surface area contributed by atoms with E-state index >= 15 is 0 Å². The Hall–Kier alpha value is -0.940. The summed E-state index contributed by atoms with van der Waals surface area (Å²) in [6.45, 7) is 10.7. The highest BCUT2D eigenvalue weighted by molar-refractivity contribution is 5.26. The van der Waals surface area contributed by atoms with Crippen molar-refractivity contribution in [1.82, 2.24) is 0 Å². The van der Waals surface area contributed by atoms with Crippen molar-refractivity contribution in [3.05, 3.63) is 11.6 Å². The van der Waals surface area contributed by atoms with E-state index in [1.807, 2.05) is 0 Å². The Morgan fingerprint density at radius 3 is 2.10 bits per heavy atom. The van der Waals surface area contributed by atoms with E-state index in [1.54, 1.807) is 0 Å². The van der Waals surface area contributed by atoms with E-state index in [0.717, 1.165) is 45.1 Å². The molecule has 17 heteroatoms. The molecular weight excluding hydrogens is 812 g/mol. The average molecular weight is 885 g/mol. The molecule has 354 valence electrons. The number of aliphatic hydroxyl groups is 9. The number of hydrogen-bond acceptors (Lipinski definition) is 17. The summed E-state index contributed by atoms with van der Waals surface area (Å²) in [5.41, 5.74) is 1.59. The highest BCUT2D eigenvalue weighted by Crippen LogP contribution is 2.70. The zero-order valence-corrected chi connectivity index (χ0v) is 36.6. The van der Waals surface area contributed by atoms with Gasteiger partial charge < -0.3 is 83.9 Å². The van der Waals surface area contributed by atoms with Crippen molar-refractivity contribution in [3.8, 4) is 0 Å². The minimum atomic E-state index is -1.81. The molecule has 1 spiro atoms. The van der Waals surface area contributed by atoms with E-state index in [4.69, 9.17) is 37.9 Å². The SMILES string of the molecule is C[C@@H]1CC[C@]2(OC1)O[C@@H]1C[C@@H]3[C@H]4CC=C5C[C@@H](O[C@@H]6O[C@H](CO[C@H]7O[C@@H](C)[C@H](O)[C@@H](O)[C@@H]7O[C@H]7O[C@@H](CO)[C@H](O)[C@@H](O)[C@@H]7O)[C@@H](O)[C@H](O)[C@H]6O)CC[C@]5(C)[C@@H]4CC[C@@]3(C)[C@@H]1[C@H]2C. The first-order valence-corrected chi connectivity index (χ1v) is 23.4. The van der Waals surface area contributed by atoms with Gasteiger partial charge in [0.1, 0.15) is 67.1 Å². The molecule has 0 aromatic carbocycles. The van der Waals surface area contributed by atoms with Gasteiger partial charge in [-0.3, -0.25) is 0 Å². The summed E-state index contributed by atoms with van der Waals surface area (Å²) < 4.78 is 49.0. The first kappa shape index (κ1) is 46.2. The number of fused-ring (bicyclic) bond motifs is 7. The van der Waals surface area contributed by atoms with Gasteiger partial charge in [-0.15, -0.1) is 0 Å². The first-order valence-electron chi connectivity index (χ1n) is 23.4. The molecule has 9 rings (SSSR count).